The van der Waals surface area contributed by atoms with Crippen LogP contribution in [0.15, 0.2) is 47.1 Å². The Kier molecular flexibility index (Phi) is 5.04. The van der Waals surface area contributed by atoms with Gasteiger partial charge in [0.05, 0.1) is 31.2 Å². The van der Waals surface area contributed by atoms with Crippen LogP contribution in [0.2, 0.25) is 5.02 Å². The molecule has 0 bridgehead atoms. The minimum Gasteiger partial charge on any atom is -0.408 e. The molecule has 0 spiro atoms. The van der Waals surface area contributed by atoms with E-state index in [9.17, 15) is 0 Å². The number of anilines is 1. The van der Waals surface area contributed by atoms with Crippen molar-refractivity contribution in [3.05, 3.63) is 52.6 Å². The van der Waals surface area contributed by atoms with Crippen molar-refractivity contribution in [2.24, 2.45) is 0 Å². The van der Waals surface area contributed by atoms with Gasteiger partial charge < -0.3 is 14.2 Å². The van der Waals surface area contributed by atoms with Crippen molar-refractivity contribution in [3.8, 4) is 10.8 Å². The quantitative estimate of drug-likeness (QED) is 0.487. The summed E-state index contributed by atoms with van der Waals surface area (Å²) in [5.41, 5.74) is 0. The van der Waals surface area contributed by atoms with E-state index in [1.165, 1.54) is 4.90 Å². The number of hydrogen-bond donors (Lipinski definition) is 1. The molecule has 3 aromatic heterocycles. The second-order valence-electron chi connectivity index (χ2n) is 6.86. The van der Waals surface area contributed by atoms with Gasteiger partial charge in [0.25, 0.3) is 10.7 Å². The molecule has 1 N–H and O–H groups in total. The fourth-order valence-corrected chi connectivity index (χ4v) is 5.11. The minimum absolute atomic E-state index is 0.370. The van der Waals surface area contributed by atoms with Crippen LogP contribution in [0.4, 0.5) is 5.95 Å². The van der Waals surface area contributed by atoms with Crippen molar-refractivity contribution in [3.63, 3.8) is 0 Å². The van der Waals surface area contributed by atoms with Crippen LogP contribution < -0.4 is 9.80 Å². The molecule has 1 fully saturated rings. The number of benzene rings is 1. The fraction of sp³-hybridized carbons (Fsp3) is 0.263. The van der Waals surface area contributed by atoms with Crippen molar-refractivity contribution in [1.82, 2.24) is 19.7 Å². The monoisotopic (exact) mass is 445 g/mol. The average molecular weight is 446 g/mol. The molecule has 29 heavy (non-hydrogen) atoms. The number of aromatic nitrogens is 4. The summed E-state index contributed by atoms with van der Waals surface area (Å²) in [6, 6.07) is 9.85. The number of nitrogens with one attached hydrogen (secondary N) is 1. The number of fused-ring (bicyclic) bond motifs is 1. The zero-order chi connectivity index (χ0) is 19.8. The van der Waals surface area contributed by atoms with Crippen LogP contribution in [0.5, 0.6) is 0 Å². The minimum atomic E-state index is 0.370. The number of rotatable bonds is 4. The number of piperazine rings is 1. The van der Waals surface area contributed by atoms with E-state index in [4.69, 9.17) is 28.2 Å². The molecule has 7 nitrogen and oxygen atoms in total. The number of thiophene rings is 1. The first-order chi connectivity index (χ1) is 14.2. The zero-order valence-electron chi connectivity index (χ0n) is 15.4. The first-order valence-electron chi connectivity index (χ1n) is 9.30. The van der Waals surface area contributed by atoms with Crippen LogP contribution in [0.1, 0.15) is 0 Å². The Morgan fingerprint density at radius 1 is 1.14 bits per heavy atom. The molecule has 0 unspecified atom stereocenters. The molecule has 1 aliphatic heterocycles. The molecule has 0 atom stereocenters. The lowest BCUT2D eigenvalue weighted by Gasteiger charge is -2.31. The van der Waals surface area contributed by atoms with Crippen molar-refractivity contribution < 1.29 is 9.32 Å². The molecule has 4 heterocycles. The Labute approximate surface area is 181 Å². The topological polar surface area (TPSA) is 64.4 Å². The largest absolute Gasteiger partial charge is 0.408 e. The van der Waals surface area contributed by atoms with Gasteiger partial charge in [0.15, 0.2) is 6.67 Å². The lowest BCUT2D eigenvalue weighted by atomic mass is 10.2. The number of nitrogens with zero attached hydrogens (tertiary/aromatic N) is 5. The van der Waals surface area contributed by atoms with Crippen molar-refractivity contribution in [2.45, 2.75) is 6.67 Å². The predicted molar refractivity (Wildman–Crippen MR) is 116 cm³/mol. The van der Waals surface area contributed by atoms with E-state index in [0.717, 1.165) is 47.1 Å². The smallest absolute Gasteiger partial charge is 0.292 e. The van der Waals surface area contributed by atoms with Crippen LogP contribution in [0.25, 0.3) is 20.9 Å². The Balaban J connectivity index is 1.31. The number of quaternary nitrogens is 1. The summed E-state index contributed by atoms with van der Waals surface area (Å²) in [7, 11) is 0. The highest BCUT2D eigenvalue weighted by atomic mass is 35.5. The lowest BCUT2D eigenvalue weighted by molar-refractivity contribution is -0.924. The molecule has 0 radical (unpaired) electrons. The second-order valence-corrected chi connectivity index (χ2v) is 8.64. The number of hydrogen-bond acceptors (Lipinski definition) is 7. The highest BCUT2D eigenvalue weighted by Gasteiger charge is 2.24. The summed E-state index contributed by atoms with van der Waals surface area (Å²) in [6.45, 7) is 4.34. The van der Waals surface area contributed by atoms with E-state index in [-0.39, 0.29) is 0 Å². The van der Waals surface area contributed by atoms with E-state index < -0.39 is 0 Å². The van der Waals surface area contributed by atoms with Crippen LogP contribution in [0.3, 0.4) is 0 Å². The van der Waals surface area contributed by atoms with Crippen molar-refractivity contribution in [1.29, 1.82) is 0 Å². The molecule has 1 aromatic carbocycles. The molecular weight excluding hydrogens is 428 g/mol. The molecule has 1 aliphatic rings. The molecule has 10 heteroatoms. The van der Waals surface area contributed by atoms with Gasteiger partial charge in [-0.15, -0.1) is 16.4 Å². The van der Waals surface area contributed by atoms with Crippen molar-refractivity contribution >= 4 is 51.2 Å². The zero-order valence-corrected chi connectivity index (χ0v) is 17.8. The summed E-state index contributed by atoms with van der Waals surface area (Å²) in [5.74, 6) is 1.27. The van der Waals surface area contributed by atoms with Crippen molar-refractivity contribution in [2.75, 3.05) is 31.1 Å². The van der Waals surface area contributed by atoms with E-state index in [1.807, 2.05) is 30.3 Å². The maximum Gasteiger partial charge on any atom is 0.292 e. The summed E-state index contributed by atoms with van der Waals surface area (Å²) >= 11 is 13.5. The second kappa shape index (κ2) is 7.83. The van der Waals surface area contributed by atoms with Gasteiger partial charge in [-0.3, -0.25) is 0 Å². The van der Waals surface area contributed by atoms with Gasteiger partial charge in [-0.25, -0.2) is 9.97 Å². The van der Waals surface area contributed by atoms with E-state index >= 15 is 0 Å². The summed E-state index contributed by atoms with van der Waals surface area (Å²) in [5, 5.41) is 6.29. The summed E-state index contributed by atoms with van der Waals surface area (Å²) < 4.78 is 8.66. The lowest BCUT2D eigenvalue weighted by Crippen LogP contribution is -3.14. The standard InChI is InChI=1S/C19H17ClN6OS2/c20-15-13-4-1-2-5-14(13)29-16(15)17-23-26(19(28)27-17)12-24-8-10-25(11-9-24)18-21-6-3-7-22-18/h1-7H,8-12H2/p+1. The first kappa shape index (κ1) is 18.7. The molecule has 5 rings (SSSR count). The Hall–Kier alpha value is -2.33. The van der Waals surface area contributed by atoms with Gasteiger partial charge in [0, 0.05) is 22.5 Å². The van der Waals surface area contributed by atoms with Gasteiger partial charge in [-0.05, 0) is 24.4 Å². The first-order valence-corrected chi connectivity index (χ1v) is 10.9. The maximum absolute atomic E-state index is 6.56. The predicted octanol–water partition coefficient (Wildman–Crippen LogP) is 2.89. The van der Waals surface area contributed by atoms with Gasteiger partial charge in [-0.2, -0.15) is 4.68 Å². The van der Waals surface area contributed by atoms with Crippen LogP contribution in [-0.2, 0) is 6.67 Å². The molecule has 0 amide bonds. The fourth-order valence-electron chi connectivity index (χ4n) is 3.50. The highest BCUT2D eigenvalue weighted by Crippen LogP contribution is 2.41. The molecule has 1 saturated heterocycles. The normalized spacial score (nSPS) is 15.3. The summed E-state index contributed by atoms with van der Waals surface area (Å²) in [6.07, 6.45) is 3.55. The van der Waals surface area contributed by atoms with Crippen LogP contribution in [0, 0.1) is 4.84 Å². The molecule has 148 valence electrons. The average Bonchev–Trinajstić information content (AvgIpc) is 3.29. The Bertz CT molecular complexity index is 1200. The Morgan fingerprint density at radius 3 is 2.66 bits per heavy atom. The molecular formula is C19H18ClN6OS2+. The third-order valence-electron chi connectivity index (χ3n) is 5.01. The molecule has 4 aromatic rings. The van der Waals surface area contributed by atoms with Gasteiger partial charge in [-0.1, -0.05) is 29.8 Å². The van der Waals surface area contributed by atoms with E-state index in [1.54, 1.807) is 28.4 Å². The van der Waals surface area contributed by atoms with Gasteiger partial charge >= 0.3 is 0 Å². The number of halogens is 1. The maximum atomic E-state index is 6.56. The Morgan fingerprint density at radius 2 is 1.90 bits per heavy atom. The highest BCUT2D eigenvalue weighted by molar-refractivity contribution is 7.71. The third kappa shape index (κ3) is 3.66. The third-order valence-corrected chi connectivity index (χ3v) is 6.97. The SMILES string of the molecule is S=c1oc(-c2sc3ccccc3c2Cl)nn1C[NH+]1CCN(c2ncccn2)CC1. The van der Waals surface area contributed by atoms with E-state index in [2.05, 4.69) is 20.0 Å². The molecule has 0 saturated carbocycles. The summed E-state index contributed by atoms with van der Waals surface area (Å²) in [4.78, 5) is 13.4. The molecule has 0 aliphatic carbocycles. The van der Waals surface area contributed by atoms with Crippen LogP contribution in [-0.4, -0.2) is 45.9 Å². The van der Waals surface area contributed by atoms with Gasteiger partial charge in [0.2, 0.25) is 5.95 Å². The van der Waals surface area contributed by atoms with Gasteiger partial charge in [0.1, 0.15) is 4.88 Å². The van der Waals surface area contributed by atoms with Crippen LogP contribution >= 0.6 is 35.2 Å². The van der Waals surface area contributed by atoms with E-state index in [0.29, 0.717) is 22.4 Å².